The molecule has 3 aromatic rings. The van der Waals surface area contributed by atoms with Crippen molar-refractivity contribution in [3.63, 3.8) is 0 Å². The number of nitrogens with two attached hydrogens (primary N) is 1. The number of para-hydroxylation sites is 2. The van der Waals surface area contributed by atoms with Gasteiger partial charge in [-0.25, -0.2) is 9.59 Å². The van der Waals surface area contributed by atoms with Gasteiger partial charge in [0.1, 0.15) is 18.0 Å². The zero-order valence-electron chi connectivity index (χ0n) is 24.6. The number of nitrogens with one attached hydrogen (secondary N) is 2. The second-order valence-electron chi connectivity index (χ2n) is 9.49. The molecular formula is C31H35N3O9. The first kappa shape index (κ1) is 32.6. The molecule has 0 heterocycles. The molecule has 3 aromatic carbocycles. The van der Waals surface area contributed by atoms with Crippen LogP contribution in [-0.4, -0.2) is 70.5 Å². The Balaban J connectivity index is 1.89. The van der Waals surface area contributed by atoms with E-state index < -0.39 is 36.0 Å². The van der Waals surface area contributed by atoms with E-state index in [-0.39, 0.29) is 58.3 Å². The van der Waals surface area contributed by atoms with Crippen LogP contribution < -0.4 is 21.1 Å². The minimum Gasteiger partial charge on any atom is -0.495 e. The lowest BCUT2D eigenvalue weighted by molar-refractivity contribution is 0.0114. The number of benzene rings is 3. The number of nitrogen functional groups attached to an aromatic ring is 1. The van der Waals surface area contributed by atoms with Gasteiger partial charge in [0.2, 0.25) is 0 Å². The Kier molecular flexibility index (Phi) is 11.6. The number of amides is 2. The number of carbonyl (C=O) groups is 4. The first-order chi connectivity index (χ1) is 20.6. The van der Waals surface area contributed by atoms with Crippen LogP contribution in [0.15, 0.2) is 60.7 Å². The van der Waals surface area contributed by atoms with Crippen LogP contribution in [0.1, 0.15) is 55.3 Å². The lowest BCUT2D eigenvalue weighted by Gasteiger charge is -2.18. The van der Waals surface area contributed by atoms with Gasteiger partial charge in [0.15, 0.2) is 0 Å². The third-order valence-electron chi connectivity index (χ3n) is 6.01. The summed E-state index contributed by atoms with van der Waals surface area (Å²) in [6.45, 7) is 3.75. The molecule has 12 nitrogen and oxygen atoms in total. The SMILES string of the molecule is COC[C@@H](C)OC(=O)c1ccccc1NC(=O)c1cc(N)cc(C(=O)Nc2ccccc2C(=O)O[C@H](C)COC)c1OC. The highest BCUT2D eigenvalue weighted by Crippen LogP contribution is 2.30. The fraction of sp³-hybridized carbons (Fsp3) is 0.290. The van der Waals surface area contributed by atoms with Crippen LogP contribution in [0, 0.1) is 0 Å². The monoisotopic (exact) mass is 593 g/mol. The maximum atomic E-state index is 13.5. The van der Waals surface area contributed by atoms with Gasteiger partial charge in [-0.15, -0.1) is 0 Å². The van der Waals surface area contributed by atoms with E-state index in [0.717, 1.165) is 0 Å². The minimum atomic E-state index is -0.695. The molecule has 228 valence electrons. The summed E-state index contributed by atoms with van der Waals surface area (Å²) in [7, 11) is 4.28. The van der Waals surface area contributed by atoms with Gasteiger partial charge in [0.05, 0.1) is 54.0 Å². The number of ether oxygens (including phenoxy) is 5. The summed E-state index contributed by atoms with van der Waals surface area (Å²) in [5.74, 6) is -2.78. The van der Waals surface area contributed by atoms with Gasteiger partial charge in [0.25, 0.3) is 11.8 Å². The molecule has 0 unspecified atom stereocenters. The van der Waals surface area contributed by atoms with Crippen LogP contribution in [0.2, 0.25) is 0 Å². The third-order valence-corrected chi connectivity index (χ3v) is 6.01. The maximum absolute atomic E-state index is 13.5. The quantitative estimate of drug-likeness (QED) is 0.194. The molecule has 4 N–H and O–H groups in total. The Labute approximate surface area is 249 Å². The molecule has 0 aliphatic heterocycles. The van der Waals surface area contributed by atoms with Gasteiger partial charge >= 0.3 is 11.9 Å². The van der Waals surface area contributed by atoms with E-state index in [9.17, 15) is 19.2 Å². The van der Waals surface area contributed by atoms with Gasteiger partial charge in [-0.1, -0.05) is 24.3 Å². The summed E-state index contributed by atoms with van der Waals surface area (Å²) in [5.41, 5.74) is 6.62. The van der Waals surface area contributed by atoms with Crippen LogP contribution in [0.4, 0.5) is 17.1 Å². The van der Waals surface area contributed by atoms with Crippen LogP contribution in [0.25, 0.3) is 0 Å². The van der Waals surface area contributed by atoms with E-state index in [2.05, 4.69) is 10.6 Å². The lowest BCUT2D eigenvalue weighted by atomic mass is 10.0. The van der Waals surface area contributed by atoms with Crippen molar-refractivity contribution < 1.29 is 42.9 Å². The van der Waals surface area contributed by atoms with E-state index in [4.69, 9.17) is 29.4 Å². The molecule has 0 bridgehead atoms. The average Bonchev–Trinajstić information content (AvgIpc) is 2.97. The van der Waals surface area contributed by atoms with Gasteiger partial charge in [-0.3, -0.25) is 9.59 Å². The summed E-state index contributed by atoms with van der Waals surface area (Å²) < 4.78 is 26.3. The summed E-state index contributed by atoms with van der Waals surface area (Å²) >= 11 is 0. The number of esters is 2. The normalized spacial score (nSPS) is 12.0. The number of rotatable bonds is 13. The van der Waals surface area contributed by atoms with Crippen molar-refractivity contribution in [1.29, 1.82) is 0 Å². The Morgan fingerprint density at radius 1 is 0.674 bits per heavy atom. The van der Waals surface area contributed by atoms with Crippen molar-refractivity contribution in [3.05, 3.63) is 82.9 Å². The fourth-order valence-electron chi connectivity index (χ4n) is 4.16. The Morgan fingerprint density at radius 2 is 1.07 bits per heavy atom. The highest BCUT2D eigenvalue weighted by molar-refractivity contribution is 6.15. The highest BCUT2D eigenvalue weighted by Gasteiger charge is 2.25. The molecule has 43 heavy (non-hydrogen) atoms. The highest BCUT2D eigenvalue weighted by atomic mass is 16.6. The predicted molar refractivity (Wildman–Crippen MR) is 160 cm³/mol. The molecule has 0 saturated heterocycles. The second kappa shape index (κ2) is 15.3. The molecule has 0 fully saturated rings. The molecule has 0 aliphatic carbocycles. The van der Waals surface area contributed by atoms with Crippen molar-refractivity contribution in [3.8, 4) is 5.75 Å². The largest absolute Gasteiger partial charge is 0.495 e. The van der Waals surface area contributed by atoms with Gasteiger partial charge in [-0.05, 0) is 50.2 Å². The Morgan fingerprint density at radius 3 is 1.44 bits per heavy atom. The molecule has 2 amide bonds. The number of hydrogen-bond acceptors (Lipinski definition) is 10. The number of hydrogen-bond donors (Lipinski definition) is 3. The van der Waals surface area contributed by atoms with Crippen LogP contribution in [0.5, 0.6) is 5.75 Å². The van der Waals surface area contributed by atoms with E-state index >= 15 is 0 Å². The van der Waals surface area contributed by atoms with Crippen LogP contribution in [-0.2, 0) is 18.9 Å². The van der Waals surface area contributed by atoms with Crippen LogP contribution >= 0.6 is 0 Å². The molecule has 0 aliphatic rings. The van der Waals surface area contributed by atoms with Gasteiger partial charge < -0.3 is 40.1 Å². The van der Waals surface area contributed by atoms with Gasteiger partial charge in [-0.2, -0.15) is 0 Å². The van der Waals surface area contributed by atoms with E-state index in [1.807, 2.05) is 0 Å². The van der Waals surface area contributed by atoms with Crippen molar-refractivity contribution in [2.24, 2.45) is 0 Å². The molecule has 0 spiro atoms. The summed E-state index contributed by atoms with van der Waals surface area (Å²) in [6, 6.07) is 15.3. The third kappa shape index (κ3) is 8.53. The average molecular weight is 594 g/mol. The van der Waals surface area contributed by atoms with Gasteiger partial charge in [0, 0.05) is 19.9 Å². The summed E-state index contributed by atoms with van der Waals surface area (Å²) in [6.07, 6.45) is -1.03. The summed E-state index contributed by atoms with van der Waals surface area (Å²) in [5, 5.41) is 5.35. The number of carbonyl (C=O) groups excluding carboxylic acids is 4. The van der Waals surface area contributed by atoms with Crippen molar-refractivity contribution in [1.82, 2.24) is 0 Å². The zero-order valence-corrected chi connectivity index (χ0v) is 24.6. The number of anilines is 3. The fourth-order valence-corrected chi connectivity index (χ4v) is 4.16. The molecule has 12 heteroatoms. The first-order valence-electron chi connectivity index (χ1n) is 13.3. The maximum Gasteiger partial charge on any atom is 0.340 e. The van der Waals surface area contributed by atoms with Crippen molar-refractivity contribution in [2.45, 2.75) is 26.1 Å². The molecule has 0 radical (unpaired) electrons. The molecule has 2 atom stereocenters. The molecule has 0 aromatic heterocycles. The lowest BCUT2D eigenvalue weighted by Crippen LogP contribution is -2.23. The van der Waals surface area contributed by atoms with Crippen molar-refractivity contribution in [2.75, 3.05) is 50.9 Å². The smallest absolute Gasteiger partial charge is 0.340 e. The first-order valence-corrected chi connectivity index (χ1v) is 13.3. The Hall–Kier alpha value is -4.94. The van der Waals surface area contributed by atoms with E-state index in [1.54, 1.807) is 38.1 Å². The zero-order chi connectivity index (χ0) is 31.5. The number of methoxy groups -OCH3 is 3. The summed E-state index contributed by atoms with van der Waals surface area (Å²) in [4.78, 5) is 52.4. The van der Waals surface area contributed by atoms with Crippen LogP contribution in [0.3, 0.4) is 0 Å². The molecular weight excluding hydrogens is 558 g/mol. The topological polar surface area (TPSA) is 165 Å². The minimum absolute atomic E-state index is 0.0651. The van der Waals surface area contributed by atoms with E-state index in [1.165, 1.54) is 57.7 Å². The van der Waals surface area contributed by atoms with E-state index in [0.29, 0.717) is 0 Å². The standard InChI is InChI=1S/C31H35N3O9/c1-18(16-39-3)42-30(37)21-10-6-8-12-25(21)33-28(35)23-14-20(32)15-24(27(23)41-5)29(36)34-26-13-9-7-11-22(26)31(38)43-19(2)17-40-4/h6-15,18-19H,16-17,32H2,1-5H3,(H,33,35)(H,34,36)/t18-,19-/m1/s1. The second-order valence-corrected chi connectivity index (χ2v) is 9.49. The Bertz CT molecular complexity index is 1370. The predicted octanol–water partition coefficient (Wildman–Crippen LogP) is 4.17. The molecule has 3 rings (SSSR count). The molecule has 0 saturated carbocycles. The van der Waals surface area contributed by atoms with Crippen molar-refractivity contribution >= 4 is 40.8 Å².